The van der Waals surface area contributed by atoms with E-state index < -0.39 is 17.6 Å². The van der Waals surface area contributed by atoms with E-state index in [0.717, 1.165) is 0 Å². The van der Waals surface area contributed by atoms with E-state index in [4.69, 9.17) is 18.9 Å². The average Bonchev–Trinajstić information content (AvgIpc) is 3.24. The van der Waals surface area contributed by atoms with Crippen molar-refractivity contribution in [2.45, 2.75) is 31.0 Å². The van der Waals surface area contributed by atoms with Crippen molar-refractivity contribution in [1.29, 1.82) is 0 Å². The van der Waals surface area contributed by atoms with Gasteiger partial charge in [-0.15, -0.1) is 0 Å². The van der Waals surface area contributed by atoms with Crippen LogP contribution in [0.5, 0.6) is 11.5 Å². The highest BCUT2D eigenvalue weighted by Crippen LogP contribution is 2.44. The number of ketones is 1. The molecule has 2 fully saturated rings. The molecule has 25 heavy (non-hydrogen) atoms. The number of hydrogen-bond donors (Lipinski definition) is 0. The van der Waals surface area contributed by atoms with Crippen molar-refractivity contribution in [3.05, 3.63) is 33.9 Å². The Morgan fingerprint density at radius 1 is 1.24 bits per heavy atom. The molecule has 0 amide bonds. The Morgan fingerprint density at radius 3 is 2.76 bits per heavy atom. The maximum Gasteiger partial charge on any atom is 0.231 e. The molecule has 1 aromatic carbocycles. The molecule has 1 saturated heterocycles. The van der Waals surface area contributed by atoms with Crippen molar-refractivity contribution in [3.63, 3.8) is 0 Å². The summed E-state index contributed by atoms with van der Waals surface area (Å²) in [4.78, 5) is 23.5. The Morgan fingerprint density at radius 2 is 2.00 bits per heavy atom. The number of carbonyl (C=O) groups is 1. The fourth-order valence-electron chi connectivity index (χ4n) is 3.95. The highest BCUT2D eigenvalue weighted by Gasteiger charge is 2.48. The first kappa shape index (κ1) is 16.3. The molecule has 1 saturated carbocycles. The normalized spacial score (nSPS) is 25.3. The van der Waals surface area contributed by atoms with Gasteiger partial charge >= 0.3 is 0 Å². The second kappa shape index (κ2) is 6.27. The summed E-state index contributed by atoms with van der Waals surface area (Å²) in [5.41, 5.74) is 0.703. The van der Waals surface area contributed by atoms with E-state index in [1.54, 1.807) is 18.2 Å². The lowest BCUT2D eigenvalue weighted by molar-refractivity contribution is -0.484. The highest BCUT2D eigenvalue weighted by molar-refractivity contribution is 5.83. The van der Waals surface area contributed by atoms with Gasteiger partial charge in [0, 0.05) is 30.1 Å². The van der Waals surface area contributed by atoms with E-state index in [2.05, 4.69) is 0 Å². The van der Waals surface area contributed by atoms with Gasteiger partial charge in [-0.2, -0.15) is 0 Å². The van der Waals surface area contributed by atoms with Gasteiger partial charge in [-0.05, 0) is 17.7 Å². The fourth-order valence-corrected chi connectivity index (χ4v) is 3.95. The molecule has 0 bridgehead atoms. The van der Waals surface area contributed by atoms with Crippen molar-refractivity contribution in [2.24, 2.45) is 5.92 Å². The van der Waals surface area contributed by atoms with Gasteiger partial charge in [0.2, 0.25) is 13.3 Å². The van der Waals surface area contributed by atoms with Gasteiger partial charge in [-0.3, -0.25) is 14.9 Å². The fraction of sp³-hybridized carbons (Fsp3) is 0.588. The van der Waals surface area contributed by atoms with E-state index in [-0.39, 0.29) is 24.0 Å². The van der Waals surface area contributed by atoms with Crippen LogP contribution in [0.2, 0.25) is 0 Å². The van der Waals surface area contributed by atoms with Crippen LogP contribution in [0, 0.1) is 16.0 Å². The summed E-state index contributed by atoms with van der Waals surface area (Å²) in [5, 5.41) is 11.3. The summed E-state index contributed by atoms with van der Waals surface area (Å²) < 4.78 is 22.1. The SMILES string of the molecule is O=C1CCC2(C[C@H]1[C@@H](C[N+](=O)[O-])c1ccc3c(c1)OCO3)OCCO2. The first-order valence-electron chi connectivity index (χ1n) is 8.38. The van der Waals surface area contributed by atoms with Crippen LogP contribution in [0.4, 0.5) is 0 Å². The van der Waals surface area contributed by atoms with Gasteiger partial charge in [-0.1, -0.05) is 6.07 Å². The minimum atomic E-state index is -0.774. The zero-order valence-electron chi connectivity index (χ0n) is 13.6. The summed E-state index contributed by atoms with van der Waals surface area (Å²) in [6, 6.07) is 5.24. The molecule has 8 heteroatoms. The smallest absolute Gasteiger partial charge is 0.231 e. The summed E-state index contributed by atoms with van der Waals surface area (Å²) in [5.74, 6) is -0.660. The van der Waals surface area contributed by atoms with E-state index in [9.17, 15) is 14.9 Å². The second-order valence-corrected chi connectivity index (χ2v) is 6.62. The number of ether oxygens (including phenoxy) is 4. The van der Waals surface area contributed by atoms with E-state index in [1.807, 2.05) is 0 Å². The van der Waals surface area contributed by atoms with E-state index in [0.29, 0.717) is 49.5 Å². The van der Waals surface area contributed by atoms with Crippen molar-refractivity contribution < 1.29 is 28.7 Å². The van der Waals surface area contributed by atoms with Gasteiger partial charge < -0.3 is 18.9 Å². The van der Waals surface area contributed by atoms with Crippen molar-refractivity contribution in [3.8, 4) is 11.5 Å². The van der Waals surface area contributed by atoms with Crippen LogP contribution in [0.1, 0.15) is 30.7 Å². The number of nitro groups is 1. The number of fused-ring (bicyclic) bond motifs is 1. The van der Waals surface area contributed by atoms with Gasteiger partial charge in [-0.25, -0.2) is 0 Å². The number of nitrogens with zero attached hydrogens (tertiary/aromatic N) is 1. The molecular weight excluding hydrogens is 330 g/mol. The standard InChI is InChI=1S/C17H19NO7/c19-14-3-4-17(24-5-6-25-17)8-12(14)13(9-18(20)21)11-1-2-15-16(7-11)23-10-22-15/h1-2,7,12-13H,3-6,8-10H2/t12-,13-/m0/s1. The van der Waals surface area contributed by atoms with Gasteiger partial charge in [0.1, 0.15) is 5.78 Å². The van der Waals surface area contributed by atoms with Crippen molar-refractivity contribution >= 4 is 5.78 Å². The molecule has 2 heterocycles. The molecule has 1 aliphatic carbocycles. The van der Waals surface area contributed by atoms with Crippen molar-refractivity contribution in [1.82, 2.24) is 0 Å². The third kappa shape index (κ3) is 3.07. The van der Waals surface area contributed by atoms with Crippen LogP contribution in [-0.4, -0.2) is 43.0 Å². The Kier molecular flexibility index (Phi) is 4.09. The van der Waals surface area contributed by atoms with E-state index in [1.165, 1.54) is 0 Å². The van der Waals surface area contributed by atoms with Crippen LogP contribution in [0.3, 0.4) is 0 Å². The third-order valence-corrected chi connectivity index (χ3v) is 5.17. The molecule has 8 nitrogen and oxygen atoms in total. The molecule has 134 valence electrons. The van der Waals surface area contributed by atoms with Crippen LogP contribution in [0.25, 0.3) is 0 Å². The Labute approximate surface area is 144 Å². The quantitative estimate of drug-likeness (QED) is 0.605. The zero-order chi connectivity index (χ0) is 17.4. The molecule has 1 spiro atoms. The number of rotatable bonds is 4. The summed E-state index contributed by atoms with van der Waals surface area (Å²) >= 11 is 0. The second-order valence-electron chi connectivity index (χ2n) is 6.62. The summed E-state index contributed by atoms with van der Waals surface area (Å²) in [6.45, 7) is 0.785. The number of hydrogen-bond acceptors (Lipinski definition) is 7. The number of carbonyl (C=O) groups excluding carboxylic acids is 1. The largest absolute Gasteiger partial charge is 0.454 e. The minimum Gasteiger partial charge on any atom is -0.454 e. The van der Waals surface area contributed by atoms with Gasteiger partial charge in [0.15, 0.2) is 17.3 Å². The first-order valence-corrected chi connectivity index (χ1v) is 8.38. The molecule has 2 atom stereocenters. The molecule has 0 N–H and O–H groups in total. The van der Waals surface area contributed by atoms with Crippen LogP contribution in [0.15, 0.2) is 18.2 Å². The molecule has 1 aromatic rings. The van der Waals surface area contributed by atoms with Crippen molar-refractivity contribution in [2.75, 3.05) is 26.6 Å². The van der Waals surface area contributed by atoms with E-state index >= 15 is 0 Å². The topological polar surface area (TPSA) is 97.1 Å². The summed E-state index contributed by atoms with van der Waals surface area (Å²) in [6.07, 6.45) is 1.16. The highest BCUT2D eigenvalue weighted by atomic mass is 16.7. The van der Waals surface area contributed by atoms with Crippen LogP contribution < -0.4 is 9.47 Å². The molecular formula is C17H19NO7. The molecule has 0 aromatic heterocycles. The Hall–Kier alpha value is -2.19. The van der Waals surface area contributed by atoms with Crippen LogP contribution in [-0.2, 0) is 14.3 Å². The molecule has 4 rings (SSSR count). The number of benzene rings is 1. The predicted octanol–water partition coefficient (Wildman–Crippen LogP) is 1.89. The average molecular weight is 349 g/mol. The molecule has 0 unspecified atom stereocenters. The Balaban J connectivity index is 1.65. The minimum absolute atomic E-state index is 0.0224. The monoisotopic (exact) mass is 349 g/mol. The van der Waals surface area contributed by atoms with Gasteiger partial charge in [0.25, 0.3) is 0 Å². The molecule has 0 radical (unpaired) electrons. The van der Waals surface area contributed by atoms with Crippen LogP contribution >= 0.6 is 0 Å². The maximum absolute atomic E-state index is 12.6. The summed E-state index contributed by atoms with van der Waals surface area (Å²) in [7, 11) is 0. The maximum atomic E-state index is 12.6. The third-order valence-electron chi connectivity index (χ3n) is 5.17. The van der Waals surface area contributed by atoms with Gasteiger partial charge in [0.05, 0.1) is 19.1 Å². The lowest BCUT2D eigenvalue weighted by Gasteiger charge is -2.37. The lowest BCUT2D eigenvalue weighted by atomic mass is 9.73. The molecule has 3 aliphatic rings. The number of Topliss-reactive ketones (excluding diaryl/α,β-unsaturated/α-hetero) is 1. The molecule has 2 aliphatic heterocycles. The first-order chi connectivity index (χ1) is 12.1. The predicted molar refractivity (Wildman–Crippen MR) is 84.2 cm³/mol. The Bertz CT molecular complexity index is 698. The zero-order valence-corrected chi connectivity index (χ0v) is 13.6. The lowest BCUT2D eigenvalue weighted by Crippen LogP contribution is -2.43.